The minimum absolute atomic E-state index is 0.0230. The van der Waals surface area contributed by atoms with E-state index in [2.05, 4.69) is 37.9 Å². The molecule has 2 N–H and O–H groups in total. The average Bonchev–Trinajstić information content (AvgIpc) is 3.29. The van der Waals surface area contributed by atoms with E-state index >= 15 is 0 Å². The van der Waals surface area contributed by atoms with Crippen LogP contribution in [0.1, 0.15) is 252 Å². The number of amides is 1. The van der Waals surface area contributed by atoms with Crippen LogP contribution in [0.15, 0.2) is 11.5 Å². The summed E-state index contributed by atoms with van der Waals surface area (Å²) in [4.78, 5) is 52.2. The van der Waals surface area contributed by atoms with Crippen LogP contribution in [-0.2, 0) is 28.7 Å². The van der Waals surface area contributed by atoms with E-state index in [1.54, 1.807) is 26.2 Å². The Kier molecular flexibility index (Phi) is 43.3. The van der Waals surface area contributed by atoms with Crippen LogP contribution < -0.4 is 5.32 Å². The second-order valence-corrected chi connectivity index (χ2v) is 19.0. The molecule has 0 saturated heterocycles. The van der Waals surface area contributed by atoms with Gasteiger partial charge in [0, 0.05) is 40.5 Å². The number of aldehydes is 1. The number of hydrogen-bond donors (Lipinski definition) is 2. The van der Waals surface area contributed by atoms with Crippen molar-refractivity contribution in [2.75, 3.05) is 47.3 Å². The molecule has 0 radical (unpaired) electrons. The molecule has 382 valence electrons. The fourth-order valence-electron chi connectivity index (χ4n) is 8.35. The van der Waals surface area contributed by atoms with Crippen LogP contribution in [0.3, 0.4) is 0 Å². The molecule has 0 saturated carbocycles. The van der Waals surface area contributed by atoms with E-state index in [0.717, 1.165) is 135 Å². The summed E-state index contributed by atoms with van der Waals surface area (Å²) in [5.74, 6) is -1.15. The molecule has 0 rings (SSSR count). The first-order chi connectivity index (χ1) is 31.5. The number of likely N-dealkylation sites (N-methyl/N-ethyl adjacent to an activating group) is 1. The van der Waals surface area contributed by atoms with Crippen LogP contribution in [0.4, 0.5) is 0 Å². The predicted octanol–water partition coefficient (Wildman–Crippen LogP) is 13.3. The zero-order valence-electron chi connectivity index (χ0n) is 43.5. The van der Waals surface area contributed by atoms with Crippen molar-refractivity contribution in [1.82, 2.24) is 20.2 Å². The van der Waals surface area contributed by atoms with Gasteiger partial charge in [0.05, 0.1) is 0 Å². The van der Waals surface area contributed by atoms with Gasteiger partial charge in [0.25, 0.3) is 5.91 Å². The van der Waals surface area contributed by atoms with E-state index in [-0.39, 0.29) is 29.8 Å². The van der Waals surface area contributed by atoms with Crippen molar-refractivity contribution in [2.45, 2.75) is 265 Å². The van der Waals surface area contributed by atoms with Gasteiger partial charge < -0.3 is 24.8 Å². The molecule has 0 heterocycles. The summed E-state index contributed by atoms with van der Waals surface area (Å²) in [5, 5.41) is 16.1. The van der Waals surface area contributed by atoms with Gasteiger partial charge in [0.2, 0.25) is 0 Å². The number of esters is 2. The number of nitrogens with zero attached hydrogens (tertiary/aromatic N) is 3. The number of carbonyl (C=O) groups is 4. The number of hydrogen-bond acceptors (Lipinski definition) is 10. The first kappa shape index (κ1) is 62.3. The van der Waals surface area contributed by atoms with Gasteiger partial charge in [0.15, 0.2) is 12.0 Å². The third-order valence-electron chi connectivity index (χ3n) is 12.8. The molecule has 0 spiro atoms. The molecule has 0 aliphatic rings. The summed E-state index contributed by atoms with van der Waals surface area (Å²) in [7, 11) is 5.03. The average molecular weight is 921 g/mol. The van der Waals surface area contributed by atoms with Gasteiger partial charge in [0.1, 0.15) is 17.9 Å². The molecule has 0 fully saturated rings. The molecule has 0 aromatic carbocycles. The Morgan fingerprint density at radius 2 is 0.877 bits per heavy atom. The van der Waals surface area contributed by atoms with Crippen LogP contribution in [0, 0.1) is 0 Å². The molecule has 0 aromatic heterocycles. The Bertz CT molecular complexity index is 1170. The lowest BCUT2D eigenvalue weighted by Crippen LogP contribution is -2.43. The number of ether oxygens (including phenoxy) is 2. The van der Waals surface area contributed by atoms with Gasteiger partial charge in [-0.1, -0.05) is 163 Å². The molecule has 0 aliphatic carbocycles. The number of unbranched alkanes of at least 4 members (excludes halogenated alkanes) is 23. The minimum Gasteiger partial charge on any atom is -0.503 e. The topological polar surface area (TPSA) is 129 Å². The van der Waals surface area contributed by atoms with Gasteiger partial charge in [-0.3, -0.25) is 24.2 Å². The quantitative estimate of drug-likeness (QED) is 0.0152. The minimum atomic E-state index is -0.596. The van der Waals surface area contributed by atoms with Crippen LogP contribution in [0.2, 0.25) is 0 Å². The maximum absolute atomic E-state index is 12.9. The maximum Gasteiger partial charge on any atom is 0.306 e. The van der Waals surface area contributed by atoms with Crippen molar-refractivity contribution in [3.05, 3.63) is 11.5 Å². The number of hydrazine groups is 1. The fourth-order valence-corrected chi connectivity index (χ4v) is 8.35. The summed E-state index contributed by atoms with van der Waals surface area (Å²) >= 11 is 0. The lowest BCUT2D eigenvalue weighted by molar-refractivity contribution is -0.150. The highest BCUT2D eigenvalue weighted by molar-refractivity contribution is 5.97. The summed E-state index contributed by atoms with van der Waals surface area (Å²) < 4.78 is 11.9. The standard InChI is InChI=1S/C54H104N4O7/c1-8-12-15-18-23-30-38-48(11-4)64-51(61)41-33-26-21-28-35-44-58(46-37-43-55-53(50(60)47-59)54(63)57(7)56(5)6)45-36-29-22-27-34-42-52(62)65-49(39-31-24-19-16-13-9-2)40-32-25-20-17-14-10-3/h47-49,55,60H,8-46H2,1-7H3/b53-50-. The van der Waals surface area contributed by atoms with Crippen LogP contribution in [0.25, 0.3) is 0 Å². The highest BCUT2D eigenvalue weighted by atomic mass is 16.5. The highest BCUT2D eigenvalue weighted by Gasteiger charge is 2.21. The van der Waals surface area contributed by atoms with Crippen LogP contribution >= 0.6 is 0 Å². The van der Waals surface area contributed by atoms with Gasteiger partial charge >= 0.3 is 11.9 Å². The van der Waals surface area contributed by atoms with Crippen molar-refractivity contribution in [1.29, 1.82) is 0 Å². The summed E-state index contributed by atoms with van der Waals surface area (Å²) in [6.45, 7) is 12.1. The van der Waals surface area contributed by atoms with E-state index < -0.39 is 11.7 Å². The molecule has 1 atom stereocenters. The van der Waals surface area contributed by atoms with Gasteiger partial charge in [-0.2, -0.15) is 0 Å². The monoisotopic (exact) mass is 921 g/mol. The van der Waals surface area contributed by atoms with E-state index in [1.807, 2.05) is 0 Å². The van der Waals surface area contributed by atoms with Crippen molar-refractivity contribution in [3.63, 3.8) is 0 Å². The van der Waals surface area contributed by atoms with E-state index in [9.17, 15) is 24.3 Å². The second kappa shape index (κ2) is 45.1. The van der Waals surface area contributed by atoms with E-state index in [4.69, 9.17) is 9.47 Å². The van der Waals surface area contributed by atoms with Crippen LogP contribution in [-0.4, -0.2) is 104 Å². The van der Waals surface area contributed by atoms with Crippen molar-refractivity contribution in [3.8, 4) is 0 Å². The second-order valence-electron chi connectivity index (χ2n) is 19.0. The summed E-state index contributed by atoms with van der Waals surface area (Å²) in [6.07, 6.45) is 38.9. The Balaban J connectivity index is 4.90. The highest BCUT2D eigenvalue weighted by Crippen LogP contribution is 2.19. The Labute approximate surface area is 400 Å². The lowest BCUT2D eigenvalue weighted by Gasteiger charge is -2.26. The normalized spacial score (nSPS) is 12.5. The predicted molar refractivity (Wildman–Crippen MR) is 271 cm³/mol. The molecule has 0 bridgehead atoms. The SMILES string of the molecule is CCCCCCCCC(CC)OC(=O)CCCCCCCN(CCCCCCCC(=O)OC(CCCCCCCC)CCCCCCCC)CCCN/C(C(=O)N(C)N(C)C)=C(\O)C=O. The van der Waals surface area contributed by atoms with Crippen molar-refractivity contribution >= 4 is 24.1 Å². The van der Waals surface area contributed by atoms with Gasteiger partial charge in [-0.25, -0.2) is 5.01 Å². The number of aliphatic hydroxyl groups is 1. The van der Waals surface area contributed by atoms with Crippen molar-refractivity contribution in [2.24, 2.45) is 0 Å². The smallest absolute Gasteiger partial charge is 0.306 e. The lowest BCUT2D eigenvalue weighted by atomic mass is 10.0. The molecule has 11 heteroatoms. The summed E-state index contributed by atoms with van der Waals surface area (Å²) in [6, 6.07) is 0. The number of allylic oxidation sites excluding steroid dienone is 1. The van der Waals surface area contributed by atoms with Gasteiger partial charge in [-0.05, 0) is 96.7 Å². The Hall–Kier alpha value is -2.66. The number of carbonyl (C=O) groups excluding carboxylic acids is 4. The fraction of sp³-hybridized carbons (Fsp3) is 0.889. The zero-order chi connectivity index (χ0) is 48.2. The molecule has 0 aromatic rings. The molecular weight excluding hydrogens is 817 g/mol. The molecular formula is C54H104N4O7. The van der Waals surface area contributed by atoms with E-state index in [0.29, 0.717) is 25.7 Å². The van der Waals surface area contributed by atoms with E-state index in [1.165, 1.54) is 101 Å². The summed E-state index contributed by atoms with van der Waals surface area (Å²) in [5.41, 5.74) is -0.0929. The number of nitrogens with one attached hydrogen (secondary N) is 1. The van der Waals surface area contributed by atoms with Crippen LogP contribution in [0.5, 0.6) is 0 Å². The Morgan fingerprint density at radius 1 is 0.508 bits per heavy atom. The molecule has 1 unspecified atom stereocenters. The third-order valence-corrected chi connectivity index (χ3v) is 12.8. The van der Waals surface area contributed by atoms with Gasteiger partial charge in [-0.15, -0.1) is 0 Å². The Morgan fingerprint density at radius 3 is 1.29 bits per heavy atom. The first-order valence-electron chi connectivity index (χ1n) is 27.2. The molecule has 1 amide bonds. The first-order valence-corrected chi connectivity index (χ1v) is 27.2. The molecule has 11 nitrogen and oxygen atoms in total. The molecule has 0 aliphatic heterocycles. The van der Waals surface area contributed by atoms with Crippen molar-refractivity contribution < 1.29 is 33.8 Å². The molecule has 65 heavy (non-hydrogen) atoms. The largest absolute Gasteiger partial charge is 0.503 e. The third kappa shape index (κ3) is 37.1. The number of rotatable bonds is 48. The number of aliphatic hydroxyl groups excluding tert-OH is 1. The zero-order valence-corrected chi connectivity index (χ0v) is 43.5. The maximum atomic E-state index is 12.9.